The summed E-state index contributed by atoms with van der Waals surface area (Å²) in [5.74, 6) is -3.21. The summed E-state index contributed by atoms with van der Waals surface area (Å²) in [6.07, 6.45) is 1.24. The van der Waals surface area contributed by atoms with E-state index < -0.39 is 29.5 Å². The number of benzene rings is 1. The van der Waals surface area contributed by atoms with E-state index >= 15 is 0 Å². The summed E-state index contributed by atoms with van der Waals surface area (Å²) in [6, 6.07) is 1.52. The van der Waals surface area contributed by atoms with Crippen LogP contribution < -0.4 is 0 Å². The molecule has 94 valence electrons. The molecule has 4 heteroatoms. The SMILES string of the molecule is CC1CCC(O)C(c2cc(F)cc(F)c2F)C1. The second-order valence-corrected chi connectivity index (χ2v) is 4.88. The van der Waals surface area contributed by atoms with Gasteiger partial charge in [-0.05, 0) is 36.8 Å². The number of aliphatic hydroxyl groups excluding tert-OH is 1. The predicted molar refractivity (Wildman–Crippen MR) is 58.1 cm³/mol. The number of halogens is 3. The van der Waals surface area contributed by atoms with Gasteiger partial charge in [0.2, 0.25) is 0 Å². The minimum absolute atomic E-state index is 0.0402. The van der Waals surface area contributed by atoms with Gasteiger partial charge < -0.3 is 5.11 Å². The van der Waals surface area contributed by atoms with Crippen LogP contribution in [-0.4, -0.2) is 11.2 Å². The lowest BCUT2D eigenvalue weighted by molar-refractivity contribution is 0.0861. The molecule has 0 heterocycles. The Kier molecular flexibility index (Phi) is 3.43. The third kappa shape index (κ3) is 2.46. The topological polar surface area (TPSA) is 20.2 Å². The number of aliphatic hydroxyl groups is 1. The summed E-state index contributed by atoms with van der Waals surface area (Å²) >= 11 is 0. The van der Waals surface area contributed by atoms with E-state index in [0.717, 1.165) is 12.5 Å². The Morgan fingerprint density at radius 1 is 1.18 bits per heavy atom. The fourth-order valence-corrected chi connectivity index (χ4v) is 2.54. The Hall–Kier alpha value is -1.03. The van der Waals surface area contributed by atoms with Crippen molar-refractivity contribution in [2.75, 3.05) is 0 Å². The molecule has 17 heavy (non-hydrogen) atoms. The first-order valence-corrected chi connectivity index (χ1v) is 5.81. The van der Waals surface area contributed by atoms with Crippen LogP contribution in [0, 0.1) is 23.4 Å². The Balaban J connectivity index is 2.38. The molecule has 0 aromatic heterocycles. The highest BCUT2D eigenvalue weighted by atomic mass is 19.2. The van der Waals surface area contributed by atoms with Crippen molar-refractivity contribution in [1.82, 2.24) is 0 Å². The largest absolute Gasteiger partial charge is 0.392 e. The molecule has 1 nitrogen and oxygen atoms in total. The van der Waals surface area contributed by atoms with Crippen LogP contribution in [0.5, 0.6) is 0 Å². The van der Waals surface area contributed by atoms with Gasteiger partial charge in [-0.25, -0.2) is 13.2 Å². The third-order valence-corrected chi connectivity index (χ3v) is 3.50. The molecule has 1 aliphatic rings. The van der Waals surface area contributed by atoms with Gasteiger partial charge in [-0.2, -0.15) is 0 Å². The molecule has 2 rings (SSSR count). The Morgan fingerprint density at radius 3 is 2.59 bits per heavy atom. The van der Waals surface area contributed by atoms with E-state index in [0.29, 0.717) is 24.8 Å². The molecule has 0 aliphatic heterocycles. The molecule has 0 bridgehead atoms. The standard InChI is InChI=1S/C13H15F3O/c1-7-2-3-12(17)9(4-7)10-5-8(14)6-11(15)13(10)16/h5-7,9,12,17H,2-4H2,1H3. The first kappa shape index (κ1) is 12.4. The molecule has 0 radical (unpaired) electrons. The fourth-order valence-electron chi connectivity index (χ4n) is 2.54. The average molecular weight is 244 g/mol. The minimum atomic E-state index is -1.19. The number of rotatable bonds is 1. The van der Waals surface area contributed by atoms with Crippen molar-refractivity contribution < 1.29 is 18.3 Å². The van der Waals surface area contributed by atoms with Gasteiger partial charge in [-0.1, -0.05) is 6.92 Å². The maximum atomic E-state index is 13.6. The molecular formula is C13H15F3O. The summed E-state index contributed by atoms with van der Waals surface area (Å²) in [7, 11) is 0. The second-order valence-electron chi connectivity index (χ2n) is 4.88. The third-order valence-electron chi connectivity index (χ3n) is 3.50. The van der Waals surface area contributed by atoms with Gasteiger partial charge in [0.15, 0.2) is 11.6 Å². The quantitative estimate of drug-likeness (QED) is 0.751. The van der Waals surface area contributed by atoms with Gasteiger partial charge in [-0.15, -0.1) is 0 Å². The predicted octanol–water partition coefficient (Wildman–Crippen LogP) is 3.37. The fraction of sp³-hybridized carbons (Fsp3) is 0.538. The summed E-state index contributed by atoms with van der Waals surface area (Å²) in [4.78, 5) is 0. The molecule has 0 saturated heterocycles. The van der Waals surface area contributed by atoms with Crippen molar-refractivity contribution in [1.29, 1.82) is 0 Å². The highest BCUT2D eigenvalue weighted by Gasteiger charge is 2.31. The van der Waals surface area contributed by atoms with E-state index in [-0.39, 0.29) is 5.56 Å². The second kappa shape index (κ2) is 4.69. The molecule has 3 unspecified atom stereocenters. The molecule has 1 aromatic carbocycles. The lowest BCUT2D eigenvalue weighted by atomic mass is 9.76. The monoisotopic (exact) mass is 244 g/mol. The van der Waals surface area contributed by atoms with Crippen molar-refractivity contribution in [2.24, 2.45) is 5.92 Å². The molecule has 1 aliphatic carbocycles. The molecule has 1 N–H and O–H groups in total. The number of hydrogen-bond donors (Lipinski definition) is 1. The van der Waals surface area contributed by atoms with Crippen LogP contribution in [0.15, 0.2) is 12.1 Å². The van der Waals surface area contributed by atoms with Crippen LogP contribution >= 0.6 is 0 Å². The Bertz CT molecular complexity index is 419. The van der Waals surface area contributed by atoms with Gasteiger partial charge in [0.25, 0.3) is 0 Å². The van der Waals surface area contributed by atoms with Crippen LogP contribution in [0.4, 0.5) is 13.2 Å². The van der Waals surface area contributed by atoms with E-state index in [1.807, 2.05) is 6.92 Å². The van der Waals surface area contributed by atoms with Crippen LogP contribution in [0.25, 0.3) is 0 Å². The summed E-state index contributed by atoms with van der Waals surface area (Å²) < 4.78 is 39.8. The molecule has 3 atom stereocenters. The van der Waals surface area contributed by atoms with Gasteiger partial charge >= 0.3 is 0 Å². The van der Waals surface area contributed by atoms with Crippen LogP contribution in [0.1, 0.15) is 37.7 Å². The maximum Gasteiger partial charge on any atom is 0.162 e. The molecule has 1 fully saturated rings. The van der Waals surface area contributed by atoms with Gasteiger partial charge in [-0.3, -0.25) is 0 Å². The summed E-state index contributed by atoms with van der Waals surface area (Å²) in [5.41, 5.74) is -0.0402. The summed E-state index contributed by atoms with van der Waals surface area (Å²) in [6.45, 7) is 1.99. The maximum absolute atomic E-state index is 13.6. The van der Waals surface area contributed by atoms with Crippen LogP contribution in [0.3, 0.4) is 0 Å². The van der Waals surface area contributed by atoms with E-state index in [2.05, 4.69) is 0 Å². The van der Waals surface area contributed by atoms with Crippen molar-refractivity contribution in [2.45, 2.75) is 38.2 Å². The van der Waals surface area contributed by atoms with E-state index in [9.17, 15) is 18.3 Å². The van der Waals surface area contributed by atoms with Crippen molar-refractivity contribution in [3.05, 3.63) is 35.1 Å². The number of hydrogen-bond acceptors (Lipinski definition) is 1. The van der Waals surface area contributed by atoms with Gasteiger partial charge in [0.1, 0.15) is 5.82 Å². The highest BCUT2D eigenvalue weighted by molar-refractivity contribution is 5.25. The lowest BCUT2D eigenvalue weighted by Gasteiger charge is -2.32. The first-order chi connectivity index (χ1) is 7.99. The zero-order chi connectivity index (χ0) is 12.6. The molecule has 0 spiro atoms. The van der Waals surface area contributed by atoms with Crippen LogP contribution in [0.2, 0.25) is 0 Å². The van der Waals surface area contributed by atoms with E-state index in [4.69, 9.17) is 0 Å². The van der Waals surface area contributed by atoms with Gasteiger partial charge in [0.05, 0.1) is 6.10 Å². The zero-order valence-electron chi connectivity index (χ0n) is 9.59. The minimum Gasteiger partial charge on any atom is -0.392 e. The average Bonchev–Trinajstić information content (AvgIpc) is 2.27. The zero-order valence-corrected chi connectivity index (χ0v) is 9.59. The normalized spacial score (nSPS) is 29.4. The van der Waals surface area contributed by atoms with E-state index in [1.54, 1.807) is 0 Å². The Morgan fingerprint density at radius 2 is 1.88 bits per heavy atom. The molecule has 1 aromatic rings. The molecule has 0 amide bonds. The molecule has 1 saturated carbocycles. The Labute approximate surface area is 98.3 Å². The van der Waals surface area contributed by atoms with Crippen molar-refractivity contribution >= 4 is 0 Å². The first-order valence-electron chi connectivity index (χ1n) is 5.81. The molecular weight excluding hydrogens is 229 g/mol. The van der Waals surface area contributed by atoms with Crippen LogP contribution in [-0.2, 0) is 0 Å². The smallest absolute Gasteiger partial charge is 0.162 e. The van der Waals surface area contributed by atoms with E-state index in [1.165, 1.54) is 0 Å². The highest BCUT2D eigenvalue weighted by Crippen LogP contribution is 2.37. The van der Waals surface area contributed by atoms with Crippen molar-refractivity contribution in [3.8, 4) is 0 Å². The van der Waals surface area contributed by atoms with Gasteiger partial charge in [0, 0.05) is 12.0 Å². The van der Waals surface area contributed by atoms with Crippen molar-refractivity contribution in [3.63, 3.8) is 0 Å². The summed E-state index contributed by atoms with van der Waals surface area (Å²) in [5, 5.41) is 9.83. The lowest BCUT2D eigenvalue weighted by Crippen LogP contribution is -2.27.